The number of ether oxygens (including phenoxy) is 2. The largest absolute Gasteiger partial charge is 0.462 e. The summed E-state index contributed by atoms with van der Waals surface area (Å²) in [5, 5.41) is 0. The van der Waals surface area contributed by atoms with Crippen LogP contribution in [0.1, 0.15) is 69.7 Å². The molecule has 2 aliphatic rings. The lowest BCUT2D eigenvalue weighted by Crippen LogP contribution is -2.39. The summed E-state index contributed by atoms with van der Waals surface area (Å²) in [6.45, 7) is 4.46. The highest BCUT2D eigenvalue weighted by molar-refractivity contribution is 5.91. The van der Waals surface area contributed by atoms with Crippen LogP contribution >= 0.6 is 0 Å². The zero-order valence-electron chi connectivity index (χ0n) is 25.8. The Hall–Kier alpha value is -4.45. The topological polar surface area (TPSA) is 43.5 Å². The van der Waals surface area contributed by atoms with Gasteiger partial charge in [0.05, 0.1) is 30.4 Å². The first-order valence-corrected chi connectivity index (χ1v) is 16.2. The second-order valence-electron chi connectivity index (χ2n) is 12.1. The summed E-state index contributed by atoms with van der Waals surface area (Å²) >= 11 is 0. The highest BCUT2D eigenvalue weighted by Gasteiger charge is 2.53. The lowest BCUT2D eigenvalue weighted by atomic mass is 9.76. The third-order valence-corrected chi connectivity index (χ3v) is 9.35. The summed E-state index contributed by atoms with van der Waals surface area (Å²) < 4.78 is 14.4. The molecule has 7 rings (SSSR count). The number of benzene rings is 4. The lowest BCUT2D eigenvalue weighted by molar-refractivity contribution is 0.0256. The highest BCUT2D eigenvalue weighted by Crippen LogP contribution is 2.49. The van der Waals surface area contributed by atoms with E-state index in [4.69, 9.17) is 9.47 Å². The van der Waals surface area contributed by atoms with Crippen molar-refractivity contribution in [1.29, 1.82) is 0 Å². The Kier molecular flexibility index (Phi) is 8.38. The second kappa shape index (κ2) is 12.9. The van der Waals surface area contributed by atoms with Crippen molar-refractivity contribution >= 4 is 5.97 Å². The number of fused-ring (bicyclic) bond motifs is 1. The molecule has 4 aromatic carbocycles. The molecule has 5 aromatic rings. The molecule has 3 atom stereocenters. The van der Waals surface area contributed by atoms with E-state index in [0.717, 1.165) is 43.5 Å². The number of hydrogen-bond acceptors (Lipinski definition) is 4. The van der Waals surface area contributed by atoms with Gasteiger partial charge in [-0.05, 0) is 48.4 Å². The van der Waals surface area contributed by atoms with E-state index >= 15 is 0 Å². The van der Waals surface area contributed by atoms with Crippen molar-refractivity contribution in [3.05, 3.63) is 167 Å². The summed E-state index contributed by atoms with van der Waals surface area (Å²) in [6.07, 6.45) is 4.74. The SMILES string of the molecule is CCOC(=O)c1cn(C[C@H]2CN2C(c2ccccc2)(c2ccccc2)c2ccccc2)c2c1C(OCc1ccccc1)CCC2. The van der Waals surface area contributed by atoms with E-state index in [-0.39, 0.29) is 18.1 Å². The second-order valence-corrected chi connectivity index (χ2v) is 12.1. The van der Waals surface area contributed by atoms with Gasteiger partial charge in [-0.1, -0.05) is 121 Å². The van der Waals surface area contributed by atoms with Crippen molar-refractivity contribution in [2.24, 2.45) is 0 Å². The van der Waals surface area contributed by atoms with Gasteiger partial charge in [-0.2, -0.15) is 0 Å². The van der Waals surface area contributed by atoms with Crippen LogP contribution in [-0.2, 0) is 34.6 Å². The number of rotatable bonds is 11. The summed E-state index contributed by atoms with van der Waals surface area (Å²) in [5.74, 6) is -0.262. The van der Waals surface area contributed by atoms with Gasteiger partial charge in [0.1, 0.15) is 0 Å². The Morgan fingerprint density at radius 3 is 1.91 bits per heavy atom. The minimum absolute atomic E-state index is 0.137. The van der Waals surface area contributed by atoms with Gasteiger partial charge in [-0.15, -0.1) is 0 Å². The third kappa shape index (κ3) is 5.63. The third-order valence-electron chi connectivity index (χ3n) is 9.35. The Morgan fingerprint density at radius 1 is 0.800 bits per heavy atom. The van der Waals surface area contributed by atoms with Crippen LogP contribution in [0.5, 0.6) is 0 Å². The molecule has 0 N–H and O–H groups in total. The molecular weight excluding hydrogens is 556 g/mol. The Bertz CT molecular complexity index is 1620. The number of aromatic nitrogens is 1. The van der Waals surface area contributed by atoms with Crippen molar-refractivity contribution in [3.63, 3.8) is 0 Å². The van der Waals surface area contributed by atoms with Crippen molar-refractivity contribution in [3.8, 4) is 0 Å². The number of carbonyl (C=O) groups is 1. The first-order chi connectivity index (χ1) is 22.2. The van der Waals surface area contributed by atoms with Gasteiger partial charge in [0.15, 0.2) is 0 Å². The predicted octanol–water partition coefficient (Wildman–Crippen LogP) is 7.94. The lowest BCUT2D eigenvalue weighted by Gasteiger charge is -2.38. The molecular formula is C40H40N2O3. The van der Waals surface area contributed by atoms with Crippen LogP contribution in [0.15, 0.2) is 128 Å². The minimum Gasteiger partial charge on any atom is -0.462 e. The molecule has 2 heterocycles. The maximum atomic E-state index is 13.3. The van der Waals surface area contributed by atoms with Crippen LogP contribution in [0.2, 0.25) is 0 Å². The van der Waals surface area contributed by atoms with Crippen molar-refractivity contribution < 1.29 is 14.3 Å². The van der Waals surface area contributed by atoms with Crippen LogP contribution in [0.3, 0.4) is 0 Å². The first kappa shape index (κ1) is 29.3. The molecule has 0 bridgehead atoms. The van der Waals surface area contributed by atoms with Crippen LogP contribution in [-0.4, -0.2) is 34.6 Å². The first-order valence-electron chi connectivity index (χ1n) is 16.2. The van der Waals surface area contributed by atoms with Gasteiger partial charge in [-0.3, -0.25) is 4.90 Å². The van der Waals surface area contributed by atoms with E-state index in [1.807, 2.05) is 31.3 Å². The van der Waals surface area contributed by atoms with Crippen LogP contribution in [0, 0.1) is 0 Å². The maximum Gasteiger partial charge on any atom is 0.340 e. The number of esters is 1. The predicted molar refractivity (Wildman–Crippen MR) is 177 cm³/mol. The quantitative estimate of drug-likeness (QED) is 0.0882. The maximum absolute atomic E-state index is 13.3. The van der Waals surface area contributed by atoms with Crippen molar-refractivity contribution in [2.45, 2.75) is 57.0 Å². The molecule has 0 spiro atoms. The Morgan fingerprint density at radius 2 is 1.36 bits per heavy atom. The van der Waals surface area contributed by atoms with Gasteiger partial charge in [-0.25, -0.2) is 4.79 Å². The van der Waals surface area contributed by atoms with Crippen LogP contribution < -0.4 is 0 Å². The van der Waals surface area contributed by atoms with Crippen molar-refractivity contribution in [2.75, 3.05) is 13.2 Å². The average Bonchev–Trinajstić information content (AvgIpc) is 3.76. The molecule has 2 unspecified atom stereocenters. The minimum atomic E-state index is -0.438. The summed E-state index contributed by atoms with van der Waals surface area (Å²) in [4.78, 5) is 15.9. The van der Waals surface area contributed by atoms with E-state index < -0.39 is 5.54 Å². The molecule has 5 heteroatoms. The molecule has 1 saturated heterocycles. The van der Waals surface area contributed by atoms with Gasteiger partial charge in [0.25, 0.3) is 0 Å². The van der Waals surface area contributed by atoms with Gasteiger partial charge >= 0.3 is 5.97 Å². The Labute approximate surface area is 266 Å². The van der Waals surface area contributed by atoms with Gasteiger partial charge < -0.3 is 14.0 Å². The molecule has 5 nitrogen and oxygen atoms in total. The van der Waals surface area contributed by atoms with Gasteiger partial charge in [0.2, 0.25) is 0 Å². The normalized spacial score (nSPS) is 19.1. The molecule has 45 heavy (non-hydrogen) atoms. The molecule has 1 aliphatic heterocycles. The number of carbonyl (C=O) groups excluding carboxylic acids is 1. The van der Waals surface area contributed by atoms with E-state index in [9.17, 15) is 4.79 Å². The fraction of sp³-hybridized carbons (Fsp3) is 0.275. The van der Waals surface area contributed by atoms with Crippen LogP contribution in [0.25, 0.3) is 0 Å². The van der Waals surface area contributed by atoms with E-state index in [1.165, 1.54) is 22.4 Å². The molecule has 0 radical (unpaired) electrons. The molecule has 0 saturated carbocycles. The van der Waals surface area contributed by atoms with E-state index in [0.29, 0.717) is 18.8 Å². The zero-order chi connectivity index (χ0) is 30.6. The number of nitrogens with zero attached hydrogens (tertiary/aromatic N) is 2. The summed E-state index contributed by atoms with van der Waals surface area (Å²) in [5.41, 5.74) is 7.32. The van der Waals surface area contributed by atoms with E-state index in [1.54, 1.807) is 0 Å². The molecule has 1 aliphatic carbocycles. The molecule has 0 amide bonds. The smallest absolute Gasteiger partial charge is 0.340 e. The summed E-state index contributed by atoms with van der Waals surface area (Å²) in [6, 6.07) is 43.1. The average molecular weight is 597 g/mol. The molecule has 1 aromatic heterocycles. The monoisotopic (exact) mass is 596 g/mol. The molecule has 228 valence electrons. The summed E-state index contributed by atoms with van der Waals surface area (Å²) in [7, 11) is 0. The zero-order valence-corrected chi connectivity index (χ0v) is 25.8. The van der Waals surface area contributed by atoms with E-state index in [2.05, 4.69) is 113 Å². The fourth-order valence-corrected chi connectivity index (χ4v) is 7.33. The highest BCUT2D eigenvalue weighted by atomic mass is 16.5. The van der Waals surface area contributed by atoms with Crippen LogP contribution in [0.4, 0.5) is 0 Å². The number of hydrogen-bond donors (Lipinski definition) is 0. The van der Waals surface area contributed by atoms with Crippen molar-refractivity contribution in [1.82, 2.24) is 9.47 Å². The van der Waals surface area contributed by atoms with Gasteiger partial charge in [0, 0.05) is 36.6 Å². The fourth-order valence-electron chi connectivity index (χ4n) is 7.33. The molecule has 1 fully saturated rings. The standard InChI is InChI=1S/C40H40N2O3/c1-2-44-39(43)35-28-41(36-24-15-25-37(38(35)36)45-29-30-16-7-3-8-17-30)26-34-27-42(34)40(31-18-9-4-10-19-31,32-20-11-5-12-21-32)33-22-13-6-14-23-33/h3-14,16-23,28,34,37H,2,15,24-27,29H2,1H3/t34-,37?,42?/m0/s1. The Balaban J connectivity index is 1.25.